The van der Waals surface area contributed by atoms with Gasteiger partial charge in [-0.15, -0.1) is 0 Å². The third kappa shape index (κ3) is 4.13. The first-order chi connectivity index (χ1) is 15.6. The number of hydrogen-bond donors (Lipinski definition) is 2. The normalized spacial score (nSPS) is 18.0. The minimum Gasteiger partial charge on any atom is -0.487 e. The Balaban J connectivity index is 1.40. The number of ether oxygens (including phenoxy) is 1. The fraction of sp³-hybridized carbons (Fsp3) is 0.500. The van der Waals surface area contributed by atoms with E-state index in [1.54, 1.807) is 11.2 Å². The first-order valence-electron chi connectivity index (χ1n) is 11.4. The van der Waals surface area contributed by atoms with Crippen molar-refractivity contribution in [3.8, 4) is 17.1 Å². The fourth-order valence-electron chi connectivity index (χ4n) is 4.28. The number of carbonyl (C=O) groups excluding carboxylic acids is 1. The van der Waals surface area contributed by atoms with E-state index in [1.807, 2.05) is 18.2 Å². The van der Waals surface area contributed by atoms with Crippen LogP contribution in [0, 0.1) is 6.92 Å². The molecule has 2 aliphatic rings. The van der Waals surface area contributed by atoms with Gasteiger partial charge in [0, 0.05) is 43.2 Å². The van der Waals surface area contributed by atoms with Crippen molar-refractivity contribution in [3.63, 3.8) is 0 Å². The van der Waals surface area contributed by atoms with Gasteiger partial charge in [-0.2, -0.15) is 5.10 Å². The van der Waals surface area contributed by atoms with Crippen LogP contribution in [0.3, 0.4) is 0 Å². The van der Waals surface area contributed by atoms with Gasteiger partial charge in [0.15, 0.2) is 0 Å². The molecule has 0 spiro atoms. The molecule has 0 bridgehead atoms. The fourth-order valence-corrected chi connectivity index (χ4v) is 4.28. The highest BCUT2D eigenvalue weighted by molar-refractivity contribution is 5.96. The number of amides is 1. The van der Waals surface area contributed by atoms with Crippen molar-refractivity contribution in [1.29, 1.82) is 0 Å². The Kier molecular flexibility index (Phi) is 5.04. The second-order valence-corrected chi connectivity index (χ2v) is 9.84. The lowest BCUT2D eigenvalue weighted by Gasteiger charge is -2.37. The van der Waals surface area contributed by atoms with E-state index in [4.69, 9.17) is 4.74 Å². The Morgan fingerprint density at radius 2 is 1.91 bits per heavy atom. The summed E-state index contributed by atoms with van der Waals surface area (Å²) in [6.45, 7) is 9.58. The first-order valence-corrected chi connectivity index (χ1v) is 11.4. The molecule has 5 rings (SSSR count). The number of aliphatic hydroxyl groups is 1. The Bertz CT molecular complexity index is 1200. The van der Waals surface area contributed by atoms with Crippen LogP contribution in [0.25, 0.3) is 22.3 Å². The Morgan fingerprint density at radius 1 is 1.18 bits per heavy atom. The number of aromatic nitrogens is 4. The summed E-state index contributed by atoms with van der Waals surface area (Å²) in [6.07, 6.45) is 3.71. The maximum Gasteiger partial charge on any atom is 0.254 e. The topological polar surface area (TPSA) is 107 Å². The lowest BCUT2D eigenvalue weighted by molar-refractivity contribution is -0.148. The SMILES string of the molecule is Cc1c(OC2(C)CC2)ccc2[nH]nc(-c3cc(N4CCN(C(=O)C(C)(C)O)CC4)ncn3)c12. The molecule has 33 heavy (non-hydrogen) atoms. The van der Waals surface area contributed by atoms with Crippen molar-refractivity contribution < 1.29 is 14.6 Å². The van der Waals surface area contributed by atoms with Crippen molar-refractivity contribution in [3.05, 3.63) is 30.1 Å². The van der Waals surface area contributed by atoms with E-state index in [9.17, 15) is 9.90 Å². The molecule has 2 fully saturated rings. The van der Waals surface area contributed by atoms with E-state index in [1.165, 1.54) is 13.8 Å². The molecule has 1 saturated carbocycles. The zero-order valence-electron chi connectivity index (χ0n) is 19.6. The van der Waals surface area contributed by atoms with Crippen LogP contribution in [0.2, 0.25) is 0 Å². The van der Waals surface area contributed by atoms with Crippen LogP contribution < -0.4 is 9.64 Å². The van der Waals surface area contributed by atoms with E-state index >= 15 is 0 Å². The van der Waals surface area contributed by atoms with Crippen LogP contribution in [0.4, 0.5) is 5.82 Å². The number of fused-ring (bicyclic) bond motifs is 1. The summed E-state index contributed by atoms with van der Waals surface area (Å²) < 4.78 is 6.25. The monoisotopic (exact) mass is 450 g/mol. The summed E-state index contributed by atoms with van der Waals surface area (Å²) in [6, 6.07) is 5.95. The molecule has 1 amide bonds. The molecule has 9 nitrogen and oxygen atoms in total. The number of benzene rings is 1. The van der Waals surface area contributed by atoms with E-state index in [0.717, 1.165) is 52.3 Å². The van der Waals surface area contributed by atoms with Gasteiger partial charge in [-0.1, -0.05) is 0 Å². The van der Waals surface area contributed by atoms with Crippen molar-refractivity contribution in [2.75, 3.05) is 31.1 Å². The number of anilines is 1. The van der Waals surface area contributed by atoms with Gasteiger partial charge >= 0.3 is 0 Å². The standard InChI is InChI=1S/C24H30N6O3/c1-15-18(33-24(4)7-8-24)6-5-16-20(15)21(28-27-16)17-13-19(26-14-25-17)29-9-11-30(12-10-29)22(31)23(2,3)32/h5-6,13-14,32H,7-12H2,1-4H3,(H,27,28). The molecule has 2 aromatic heterocycles. The van der Waals surface area contributed by atoms with Crippen molar-refractivity contribution in [2.45, 2.75) is 51.7 Å². The molecule has 1 saturated heterocycles. The number of aromatic amines is 1. The van der Waals surface area contributed by atoms with Crippen LogP contribution in [0.5, 0.6) is 5.75 Å². The zero-order chi connectivity index (χ0) is 23.4. The molecule has 1 aromatic carbocycles. The molecule has 3 heterocycles. The molecule has 9 heteroatoms. The van der Waals surface area contributed by atoms with Gasteiger partial charge in [0.25, 0.3) is 5.91 Å². The van der Waals surface area contributed by atoms with Gasteiger partial charge in [0.2, 0.25) is 0 Å². The third-order valence-electron chi connectivity index (χ3n) is 6.56. The summed E-state index contributed by atoms with van der Waals surface area (Å²) in [5, 5.41) is 18.7. The molecule has 174 valence electrons. The van der Waals surface area contributed by atoms with Gasteiger partial charge in [0.05, 0.1) is 11.2 Å². The molecular formula is C24H30N6O3. The van der Waals surface area contributed by atoms with Crippen molar-refractivity contribution >= 4 is 22.6 Å². The quantitative estimate of drug-likeness (QED) is 0.615. The number of piperazine rings is 1. The second-order valence-electron chi connectivity index (χ2n) is 9.84. The minimum absolute atomic E-state index is 0.0564. The predicted molar refractivity (Wildman–Crippen MR) is 125 cm³/mol. The highest BCUT2D eigenvalue weighted by Gasteiger charge is 2.40. The summed E-state index contributed by atoms with van der Waals surface area (Å²) in [5.41, 5.74) is 2.08. The summed E-state index contributed by atoms with van der Waals surface area (Å²) in [4.78, 5) is 25.2. The number of nitrogens with one attached hydrogen (secondary N) is 1. The van der Waals surface area contributed by atoms with Gasteiger partial charge in [-0.3, -0.25) is 9.89 Å². The summed E-state index contributed by atoms with van der Waals surface area (Å²) in [7, 11) is 0. The Hall–Kier alpha value is -3.20. The largest absolute Gasteiger partial charge is 0.487 e. The first kappa shape index (κ1) is 21.6. The van der Waals surface area contributed by atoms with Crippen LogP contribution in [-0.4, -0.2) is 73.5 Å². The van der Waals surface area contributed by atoms with Gasteiger partial charge in [0.1, 0.15) is 34.8 Å². The summed E-state index contributed by atoms with van der Waals surface area (Å²) >= 11 is 0. The lowest BCUT2D eigenvalue weighted by atomic mass is 10.1. The highest BCUT2D eigenvalue weighted by atomic mass is 16.5. The minimum atomic E-state index is -1.36. The van der Waals surface area contributed by atoms with Gasteiger partial charge < -0.3 is 19.6 Å². The molecule has 1 aliphatic heterocycles. The number of rotatable bonds is 5. The molecule has 0 atom stereocenters. The molecule has 1 aliphatic carbocycles. The number of nitrogens with zero attached hydrogens (tertiary/aromatic N) is 5. The number of hydrogen-bond acceptors (Lipinski definition) is 7. The second kappa shape index (κ2) is 7.69. The maximum atomic E-state index is 12.4. The van der Waals surface area contributed by atoms with E-state index < -0.39 is 5.60 Å². The van der Waals surface area contributed by atoms with Crippen molar-refractivity contribution in [1.82, 2.24) is 25.1 Å². The molecule has 0 radical (unpaired) electrons. The lowest BCUT2D eigenvalue weighted by Crippen LogP contribution is -2.54. The average molecular weight is 451 g/mol. The van der Waals surface area contributed by atoms with E-state index in [0.29, 0.717) is 26.2 Å². The Labute approximate surface area is 192 Å². The number of H-pyrrole nitrogens is 1. The third-order valence-corrected chi connectivity index (χ3v) is 6.56. The maximum absolute atomic E-state index is 12.4. The number of aryl methyl sites for hydroxylation is 1. The molecular weight excluding hydrogens is 420 g/mol. The number of carbonyl (C=O) groups is 1. The Morgan fingerprint density at radius 3 is 2.58 bits per heavy atom. The average Bonchev–Trinajstić information content (AvgIpc) is 3.36. The molecule has 3 aromatic rings. The van der Waals surface area contributed by atoms with Crippen LogP contribution in [-0.2, 0) is 4.79 Å². The summed E-state index contributed by atoms with van der Waals surface area (Å²) in [5.74, 6) is 1.43. The smallest absolute Gasteiger partial charge is 0.254 e. The van der Waals surface area contributed by atoms with Gasteiger partial charge in [-0.05, 0) is 52.7 Å². The van der Waals surface area contributed by atoms with Crippen LogP contribution in [0.1, 0.15) is 39.2 Å². The highest BCUT2D eigenvalue weighted by Crippen LogP contribution is 2.42. The molecule has 0 unspecified atom stereocenters. The van der Waals surface area contributed by atoms with Gasteiger partial charge in [-0.25, -0.2) is 9.97 Å². The van der Waals surface area contributed by atoms with E-state index in [2.05, 4.69) is 38.9 Å². The molecule has 2 N–H and O–H groups in total. The van der Waals surface area contributed by atoms with Crippen molar-refractivity contribution in [2.24, 2.45) is 0 Å². The van der Waals surface area contributed by atoms with Crippen LogP contribution >= 0.6 is 0 Å². The van der Waals surface area contributed by atoms with E-state index in [-0.39, 0.29) is 11.5 Å². The predicted octanol–water partition coefficient (Wildman–Crippen LogP) is 2.68. The zero-order valence-corrected chi connectivity index (χ0v) is 19.6. The van der Waals surface area contributed by atoms with Crippen LogP contribution in [0.15, 0.2) is 24.5 Å².